The zero-order valence-corrected chi connectivity index (χ0v) is 13.0. The first-order valence-corrected chi connectivity index (χ1v) is 7.04. The highest BCUT2D eigenvalue weighted by Crippen LogP contribution is 2.37. The molecule has 0 radical (unpaired) electrons. The first-order chi connectivity index (χ1) is 11.5. The maximum absolute atomic E-state index is 13.0. The number of rotatable bonds is 4. The standard InChI is InChI=1S/C16H9ClF6O2/c17-12-3-9(7-24)4-13(6-12)25-8-10-5-11(15(18,19)20)1-2-14(10)16(21,22)23/h1-7H,8H2. The molecule has 0 heterocycles. The van der Waals surface area contributed by atoms with Gasteiger partial charge in [-0.3, -0.25) is 4.79 Å². The summed E-state index contributed by atoms with van der Waals surface area (Å²) >= 11 is 5.73. The monoisotopic (exact) mass is 382 g/mol. The van der Waals surface area contributed by atoms with Crippen LogP contribution >= 0.6 is 11.6 Å². The number of aldehydes is 1. The molecule has 0 amide bonds. The summed E-state index contributed by atoms with van der Waals surface area (Å²) in [6.45, 7) is -0.780. The molecule has 2 aromatic rings. The van der Waals surface area contributed by atoms with Gasteiger partial charge in [0.15, 0.2) is 0 Å². The molecule has 0 aromatic heterocycles. The molecule has 2 nitrogen and oxygen atoms in total. The largest absolute Gasteiger partial charge is 0.489 e. The smallest absolute Gasteiger partial charge is 0.416 e. The second kappa shape index (κ2) is 6.95. The Kier molecular flexibility index (Phi) is 5.31. The number of hydrogen-bond acceptors (Lipinski definition) is 2. The SMILES string of the molecule is O=Cc1cc(Cl)cc(OCc2cc(C(F)(F)F)ccc2C(F)(F)F)c1. The van der Waals surface area contributed by atoms with E-state index in [1.807, 2.05) is 0 Å². The van der Waals surface area contributed by atoms with E-state index in [1.54, 1.807) is 0 Å². The van der Waals surface area contributed by atoms with E-state index < -0.39 is 35.6 Å². The van der Waals surface area contributed by atoms with Gasteiger partial charge in [-0.1, -0.05) is 11.6 Å². The van der Waals surface area contributed by atoms with E-state index in [0.29, 0.717) is 24.5 Å². The molecule has 0 N–H and O–H groups in total. The minimum atomic E-state index is -4.84. The summed E-state index contributed by atoms with van der Waals surface area (Å²) in [7, 11) is 0. The molecule has 0 unspecified atom stereocenters. The second-order valence-corrected chi connectivity index (χ2v) is 5.43. The van der Waals surface area contributed by atoms with E-state index in [9.17, 15) is 31.1 Å². The van der Waals surface area contributed by atoms with E-state index in [-0.39, 0.29) is 16.3 Å². The first-order valence-electron chi connectivity index (χ1n) is 6.66. The van der Waals surface area contributed by atoms with E-state index >= 15 is 0 Å². The van der Waals surface area contributed by atoms with Gasteiger partial charge >= 0.3 is 12.4 Å². The molecule has 25 heavy (non-hydrogen) atoms. The lowest BCUT2D eigenvalue weighted by atomic mass is 10.0. The number of halogens is 7. The first kappa shape index (κ1) is 19.1. The van der Waals surface area contributed by atoms with Crippen molar-refractivity contribution in [1.29, 1.82) is 0 Å². The number of alkyl halides is 6. The third kappa shape index (κ3) is 4.88. The number of carbonyl (C=O) groups excluding carboxylic acids is 1. The quantitative estimate of drug-likeness (QED) is 0.495. The molecule has 2 rings (SSSR count). The van der Waals surface area contributed by atoms with Crippen LogP contribution in [0.2, 0.25) is 5.02 Å². The fourth-order valence-electron chi connectivity index (χ4n) is 2.06. The molecule has 9 heteroatoms. The Balaban J connectivity index is 2.36. The number of hydrogen-bond donors (Lipinski definition) is 0. The van der Waals surface area contributed by atoms with Gasteiger partial charge in [-0.05, 0) is 36.4 Å². The van der Waals surface area contributed by atoms with Crippen molar-refractivity contribution in [1.82, 2.24) is 0 Å². The van der Waals surface area contributed by atoms with E-state index in [1.165, 1.54) is 18.2 Å². The second-order valence-electron chi connectivity index (χ2n) is 4.99. The van der Waals surface area contributed by atoms with Crippen molar-refractivity contribution in [3.8, 4) is 5.75 Å². The van der Waals surface area contributed by atoms with Gasteiger partial charge < -0.3 is 4.74 Å². The van der Waals surface area contributed by atoms with Crippen LogP contribution in [0.15, 0.2) is 36.4 Å². The predicted octanol–water partition coefficient (Wildman–Crippen LogP) is 5.77. The topological polar surface area (TPSA) is 26.3 Å². The molecule has 0 atom stereocenters. The minimum Gasteiger partial charge on any atom is -0.489 e. The lowest BCUT2D eigenvalue weighted by Gasteiger charge is -2.16. The van der Waals surface area contributed by atoms with Crippen LogP contribution < -0.4 is 4.74 Å². The third-order valence-electron chi connectivity index (χ3n) is 3.16. The maximum Gasteiger partial charge on any atom is 0.416 e. The fourth-order valence-corrected chi connectivity index (χ4v) is 2.30. The van der Waals surface area contributed by atoms with E-state index in [4.69, 9.17) is 16.3 Å². The molecule has 2 aromatic carbocycles. The molecule has 0 saturated carbocycles. The summed E-state index contributed by atoms with van der Waals surface area (Å²) in [4.78, 5) is 10.7. The third-order valence-corrected chi connectivity index (χ3v) is 3.38. The summed E-state index contributed by atoms with van der Waals surface area (Å²) < 4.78 is 82.2. The summed E-state index contributed by atoms with van der Waals surface area (Å²) in [6, 6.07) is 4.84. The van der Waals surface area contributed by atoms with Crippen LogP contribution in [0.1, 0.15) is 27.0 Å². The molecular weight excluding hydrogens is 374 g/mol. The molecule has 0 saturated heterocycles. The van der Waals surface area contributed by atoms with Gasteiger partial charge in [0.1, 0.15) is 18.6 Å². The Labute approximate surface area is 143 Å². The van der Waals surface area contributed by atoms with Crippen molar-refractivity contribution in [3.63, 3.8) is 0 Å². The average molecular weight is 383 g/mol. The highest BCUT2D eigenvalue weighted by molar-refractivity contribution is 6.31. The Bertz CT molecular complexity index is 783. The van der Waals surface area contributed by atoms with Crippen molar-refractivity contribution in [2.75, 3.05) is 0 Å². The van der Waals surface area contributed by atoms with Crippen LogP contribution in [0.4, 0.5) is 26.3 Å². The highest BCUT2D eigenvalue weighted by Gasteiger charge is 2.37. The van der Waals surface area contributed by atoms with Gasteiger partial charge in [-0.15, -0.1) is 0 Å². The molecule has 0 aliphatic heterocycles. The van der Waals surface area contributed by atoms with Gasteiger partial charge in [-0.2, -0.15) is 26.3 Å². The summed E-state index contributed by atoms with van der Waals surface area (Å²) in [5, 5.41) is 0.0969. The van der Waals surface area contributed by atoms with Crippen molar-refractivity contribution >= 4 is 17.9 Å². The molecule has 0 fully saturated rings. The lowest BCUT2D eigenvalue weighted by molar-refractivity contribution is -0.142. The molecule has 134 valence electrons. The predicted molar refractivity (Wildman–Crippen MR) is 77.6 cm³/mol. The highest BCUT2D eigenvalue weighted by atomic mass is 35.5. The van der Waals surface area contributed by atoms with Crippen molar-refractivity contribution in [2.24, 2.45) is 0 Å². The fraction of sp³-hybridized carbons (Fsp3) is 0.188. The Morgan fingerprint density at radius 3 is 2.20 bits per heavy atom. The maximum atomic E-state index is 13.0. The van der Waals surface area contributed by atoms with E-state index in [2.05, 4.69) is 0 Å². The van der Waals surface area contributed by atoms with Crippen LogP contribution in [-0.4, -0.2) is 6.29 Å². The van der Waals surface area contributed by atoms with Crippen LogP contribution in [0.3, 0.4) is 0 Å². The van der Waals surface area contributed by atoms with Gasteiger partial charge in [0.2, 0.25) is 0 Å². The normalized spacial score (nSPS) is 12.1. The Hall–Kier alpha value is -2.22. The molecule has 0 aliphatic rings. The van der Waals surface area contributed by atoms with Crippen LogP contribution in [0.25, 0.3) is 0 Å². The lowest BCUT2D eigenvalue weighted by Crippen LogP contribution is -2.14. The van der Waals surface area contributed by atoms with Crippen molar-refractivity contribution < 1.29 is 35.9 Å². The summed E-state index contributed by atoms with van der Waals surface area (Å²) in [5.74, 6) is -0.0415. The van der Waals surface area contributed by atoms with Gasteiger partial charge in [0.25, 0.3) is 0 Å². The van der Waals surface area contributed by atoms with Crippen molar-refractivity contribution in [2.45, 2.75) is 19.0 Å². The summed E-state index contributed by atoms with van der Waals surface area (Å²) in [5.41, 5.74) is -3.03. The van der Waals surface area contributed by atoms with Gasteiger partial charge in [0.05, 0.1) is 11.1 Å². The molecule has 0 spiro atoms. The molecule has 0 bridgehead atoms. The zero-order valence-electron chi connectivity index (χ0n) is 12.2. The number of carbonyl (C=O) groups is 1. The summed E-state index contributed by atoms with van der Waals surface area (Å²) in [6.07, 6.45) is -9.19. The van der Waals surface area contributed by atoms with Gasteiger partial charge in [0, 0.05) is 16.1 Å². The van der Waals surface area contributed by atoms with Crippen LogP contribution in [-0.2, 0) is 19.0 Å². The molecule has 0 aliphatic carbocycles. The van der Waals surface area contributed by atoms with E-state index in [0.717, 1.165) is 0 Å². The average Bonchev–Trinajstić information content (AvgIpc) is 2.50. The Morgan fingerprint density at radius 1 is 0.960 bits per heavy atom. The minimum absolute atomic E-state index is 0.0415. The van der Waals surface area contributed by atoms with Crippen molar-refractivity contribution in [3.05, 3.63) is 63.7 Å². The zero-order chi connectivity index (χ0) is 18.8. The number of benzene rings is 2. The molecular formula is C16H9ClF6O2. The number of ether oxygens (including phenoxy) is 1. The van der Waals surface area contributed by atoms with Crippen LogP contribution in [0, 0.1) is 0 Å². The van der Waals surface area contributed by atoms with Crippen LogP contribution in [0.5, 0.6) is 5.75 Å². The van der Waals surface area contributed by atoms with Gasteiger partial charge in [-0.25, -0.2) is 0 Å². The Morgan fingerprint density at radius 2 is 1.64 bits per heavy atom.